The van der Waals surface area contributed by atoms with E-state index in [2.05, 4.69) is 27.5 Å². The van der Waals surface area contributed by atoms with Crippen molar-refractivity contribution in [2.45, 2.75) is 26.3 Å². The maximum absolute atomic E-state index is 6.10. The van der Waals surface area contributed by atoms with E-state index in [0.29, 0.717) is 36.8 Å². The third kappa shape index (κ3) is 4.48. The van der Waals surface area contributed by atoms with Gasteiger partial charge in [0.05, 0.1) is 19.4 Å². The monoisotopic (exact) mass is 393 g/mol. The molecule has 4 aromatic rings. The molecule has 0 aliphatic heterocycles. The Morgan fingerprint density at radius 3 is 2.76 bits per heavy atom. The first kappa shape index (κ1) is 18.8. The lowest BCUT2D eigenvalue weighted by Gasteiger charge is -2.14. The van der Waals surface area contributed by atoms with Crippen LogP contribution in [0.1, 0.15) is 17.5 Å². The number of furan rings is 1. The average Bonchev–Trinajstić information content (AvgIpc) is 3.37. The number of benzene rings is 2. The molecule has 0 aliphatic carbocycles. The standard InChI is InChI=1S/C21H23N5O3/c1-15-14-18(27-13-10-26-24-21(22)23-25-26)20(19-17(15)9-12-29-19)28-11-5-8-16-6-3-2-4-7-16/h2-4,6-7,9,12,14H,5,8,10-11,13H2,1H3,(H2,22,24). The average molecular weight is 393 g/mol. The number of hydrogen-bond donors (Lipinski definition) is 1. The van der Waals surface area contributed by atoms with Gasteiger partial charge in [-0.25, -0.2) is 0 Å². The second-order valence-electron chi connectivity index (χ2n) is 6.71. The van der Waals surface area contributed by atoms with Gasteiger partial charge in [0, 0.05) is 5.39 Å². The lowest BCUT2D eigenvalue weighted by molar-refractivity contribution is 0.249. The Morgan fingerprint density at radius 2 is 1.97 bits per heavy atom. The number of nitrogen functional groups attached to an aromatic ring is 1. The van der Waals surface area contributed by atoms with Crippen LogP contribution in [0.4, 0.5) is 5.95 Å². The third-order valence-corrected chi connectivity index (χ3v) is 4.58. The molecule has 2 N–H and O–H groups in total. The van der Waals surface area contributed by atoms with E-state index in [9.17, 15) is 0 Å². The van der Waals surface area contributed by atoms with Crippen LogP contribution in [0.3, 0.4) is 0 Å². The zero-order valence-electron chi connectivity index (χ0n) is 16.2. The fourth-order valence-corrected chi connectivity index (χ4v) is 3.17. The van der Waals surface area contributed by atoms with Gasteiger partial charge in [0.1, 0.15) is 6.61 Å². The summed E-state index contributed by atoms with van der Waals surface area (Å²) in [5.41, 5.74) is 8.53. The van der Waals surface area contributed by atoms with Gasteiger partial charge in [-0.15, -0.1) is 5.10 Å². The summed E-state index contributed by atoms with van der Waals surface area (Å²) < 4.78 is 17.8. The number of hydrogen-bond acceptors (Lipinski definition) is 7. The molecule has 4 rings (SSSR count). The maximum atomic E-state index is 6.10. The van der Waals surface area contributed by atoms with Gasteiger partial charge in [-0.05, 0) is 48.2 Å². The molecule has 0 saturated carbocycles. The van der Waals surface area contributed by atoms with Gasteiger partial charge in [-0.3, -0.25) is 0 Å². The molecule has 0 spiro atoms. The highest BCUT2D eigenvalue weighted by Crippen LogP contribution is 2.38. The smallest absolute Gasteiger partial charge is 0.260 e. The van der Waals surface area contributed by atoms with Crippen molar-refractivity contribution >= 4 is 16.9 Å². The summed E-state index contributed by atoms with van der Waals surface area (Å²) in [4.78, 5) is 1.40. The van der Waals surface area contributed by atoms with E-state index in [-0.39, 0.29) is 5.95 Å². The number of anilines is 1. The largest absolute Gasteiger partial charge is 0.488 e. The van der Waals surface area contributed by atoms with E-state index in [1.54, 1.807) is 6.26 Å². The number of aromatic nitrogens is 4. The van der Waals surface area contributed by atoms with Gasteiger partial charge in [-0.1, -0.05) is 35.4 Å². The molecule has 0 atom stereocenters. The summed E-state index contributed by atoms with van der Waals surface area (Å²) in [6.45, 7) is 3.35. The first-order chi connectivity index (χ1) is 14.2. The highest BCUT2D eigenvalue weighted by Gasteiger charge is 2.16. The fraction of sp³-hybridized carbons (Fsp3) is 0.286. The van der Waals surface area contributed by atoms with E-state index >= 15 is 0 Å². The predicted octanol–water partition coefficient (Wildman–Crippen LogP) is 3.40. The van der Waals surface area contributed by atoms with Gasteiger partial charge >= 0.3 is 0 Å². The predicted molar refractivity (Wildman–Crippen MR) is 109 cm³/mol. The van der Waals surface area contributed by atoms with Crippen molar-refractivity contribution < 1.29 is 13.9 Å². The summed E-state index contributed by atoms with van der Waals surface area (Å²) in [5.74, 6) is 1.40. The van der Waals surface area contributed by atoms with Crippen LogP contribution < -0.4 is 15.2 Å². The lowest BCUT2D eigenvalue weighted by atomic mass is 10.1. The molecule has 29 heavy (non-hydrogen) atoms. The van der Waals surface area contributed by atoms with Crippen LogP contribution in [0.15, 0.2) is 53.1 Å². The van der Waals surface area contributed by atoms with Crippen LogP contribution in [0.2, 0.25) is 0 Å². The summed E-state index contributed by atoms with van der Waals surface area (Å²) in [7, 11) is 0. The normalized spacial score (nSPS) is 11.1. The van der Waals surface area contributed by atoms with E-state index in [4.69, 9.17) is 19.6 Å². The van der Waals surface area contributed by atoms with Gasteiger partial charge in [0.15, 0.2) is 11.3 Å². The highest BCUT2D eigenvalue weighted by molar-refractivity contribution is 5.88. The van der Waals surface area contributed by atoms with Crippen LogP contribution in [0, 0.1) is 6.92 Å². The molecule has 8 nitrogen and oxygen atoms in total. The molecule has 2 aromatic heterocycles. The summed E-state index contributed by atoms with van der Waals surface area (Å²) >= 11 is 0. The van der Waals surface area contributed by atoms with Crippen molar-refractivity contribution in [1.29, 1.82) is 0 Å². The first-order valence-electron chi connectivity index (χ1n) is 9.54. The number of tetrazole rings is 1. The minimum atomic E-state index is 0.139. The Bertz CT molecular complexity index is 1070. The van der Waals surface area contributed by atoms with Crippen LogP contribution in [-0.2, 0) is 13.0 Å². The molecule has 0 radical (unpaired) electrons. The second-order valence-corrected chi connectivity index (χ2v) is 6.71. The molecule has 0 aliphatic rings. The zero-order valence-corrected chi connectivity index (χ0v) is 16.2. The molecule has 0 bridgehead atoms. The van der Waals surface area contributed by atoms with Gasteiger partial charge in [0.2, 0.25) is 5.75 Å². The molecule has 2 heterocycles. The van der Waals surface area contributed by atoms with Crippen molar-refractivity contribution in [2.75, 3.05) is 18.9 Å². The molecule has 0 amide bonds. The molecule has 0 fully saturated rings. The van der Waals surface area contributed by atoms with Crippen molar-refractivity contribution in [3.63, 3.8) is 0 Å². The Labute approximate surface area is 168 Å². The number of rotatable bonds is 9. The Morgan fingerprint density at radius 1 is 1.10 bits per heavy atom. The Hall–Kier alpha value is -3.55. The van der Waals surface area contributed by atoms with Gasteiger partial charge in [0.25, 0.3) is 5.95 Å². The summed E-state index contributed by atoms with van der Waals surface area (Å²) in [6, 6.07) is 14.3. The van der Waals surface area contributed by atoms with Crippen molar-refractivity contribution in [1.82, 2.24) is 20.2 Å². The van der Waals surface area contributed by atoms with Crippen molar-refractivity contribution in [3.05, 3.63) is 59.9 Å². The second kappa shape index (κ2) is 8.64. The summed E-state index contributed by atoms with van der Waals surface area (Å²) in [6.07, 6.45) is 3.51. The van der Waals surface area contributed by atoms with Gasteiger partial charge < -0.3 is 19.6 Å². The number of nitrogens with zero attached hydrogens (tertiary/aromatic N) is 4. The molecular weight excluding hydrogens is 370 g/mol. The maximum Gasteiger partial charge on any atom is 0.260 e. The zero-order chi connectivity index (χ0) is 20.1. The topological polar surface area (TPSA) is 101 Å². The minimum absolute atomic E-state index is 0.139. The number of aryl methyl sites for hydroxylation is 2. The van der Waals surface area contributed by atoms with E-state index in [1.807, 2.05) is 37.3 Å². The number of nitrogens with two attached hydrogens (primary N) is 1. The Balaban J connectivity index is 1.44. The SMILES string of the molecule is Cc1cc(OCCn2nnc(N)n2)c(OCCCc2ccccc2)c2occc12. The lowest BCUT2D eigenvalue weighted by Crippen LogP contribution is -2.12. The molecular formula is C21H23N5O3. The highest BCUT2D eigenvalue weighted by atomic mass is 16.5. The number of ether oxygens (including phenoxy) is 2. The number of fused-ring (bicyclic) bond motifs is 1. The molecule has 0 unspecified atom stereocenters. The van der Waals surface area contributed by atoms with Crippen LogP contribution in [-0.4, -0.2) is 33.4 Å². The molecule has 0 saturated heterocycles. The van der Waals surface area contributed by atoms with Crippen molar-refractivity contribution in [3.8, 4) is 11.5 Å². The molecule has 8 heteroatoms. The fourth-order valence-electron chi connectivity index (χ4n) is 3.17. The summed E-state index contributed by atoms with van der Waals surface area (Å²) in [5, 5.41) is 12.5. The van der Waals surface area contributed by atoms with Crippen LogP contribution in [0.25, 0.3) is 11.0 Å². The molecule has 2 aromatic carbocycles. The Kier molecular flexibility index (Phi) is 5.60. The van der Waals surface area contributed by atoms with Crippen LogP contribution in [0.5, 0.6) is 11.5 Å². The van der Waals surface area contributed by atoms with Crippen LogP contribution >= 0.6 is 0 Å². The first-order valence-corrected chi connectivity index (χ1v) is 9.54. The van der Waals surface area contributed by atoms with Crippen molar-refractivity contribution in [2.24, 2.45) is 0 Å². The van der Waals surface area contributed by atoms with E-state index in [1.165, 1.54) is 10.4 Å². The minimum Gasteiger partial charge on any atom is -0.488 e. The quantitative estimate of drug-likeness (QED) is 0.435. The van der Waals surface area contributed by atoms with Gasteiger partial charge in [-0.2, -0.15) is 4.80 Å². The third-order valence-electron chi connectivity index (χ3n) is 4.58. The van der Waals surface area contributed by atoms with E-state index < -0.39 is 0 Å². The molecule has 150 valence electrons. The van der Waals surface area contributed by atoms with E-state index in [0.717, 1.165) is 23.8 Å².